The molecule has 0 amide bonds. The zero-order chi connectivity index (χ0) is 19.8. The molecule has 0 N–H and O–H groups in total. The van der Waals surface area contributed by atoms with Crippen LogP contribution in [-0.4, -0.2) is 24.0 Å². The summed E-state index contributed by atoms with van der Waals surface area (Å²) in [5.74, 6) is -1.74. The van der Waals surface area contributed by atoms with E-state index in [0.717, 1.165) is 12.1 Å². The number of rotatable bonds is 5. The second kappa shape index (κ2) is 6.94. The Bertz CT molecular complexity index is 797. The van der Waals surface area contributed by atoms with Gasteiger partial charge in [0.05, 0.1) is 0 Å². The number of ether oxygens (including phenoxy) is 2. The molecule has 0 saturated carbocycles. The summed E-state index contributed by atoms with van der Waals surface area (Å²) in [6.45, 7) is 0. The molecule has 9 heteroatoms. The van der Waals surface area contributed by atoms with Gasteiger partial charge in [-0.1, -0.05) is 6.08 Å². The highest BCUT2D eigenvalue weighted by molar-refractivity contribution is 5.99. The van der Waals surface area contributed by atoms with Crippen molar-refractivity contribution >= 4 is 11.6 Å². The van der Waals surface area contributed by atoms with Gasteiger partial charge in [0.25, 0.3) is 0 Å². The molecule has 3 rings (SSSR count). The van der Waals surface area contributed by atoms with Crippen molar-refractivity contribution in [3.8, 4) is 11.5 Å². The van der Waals surface area contributed by atoms with Gasteiger partial charge in [-0.3, -0.25) is 9.59 Å². The van der Waals surface area contributed by atoms with Crippen LogP contribution in [0.2, 0.25) is 0 Å². The summed E-state index contributed by atoms with van der Waals surface area (Å²) in [7, 11) is 0. The number of halogens is 5. The summed E-state index contributed by atoms with van der Waals surface area (Å²) in [6.07, 6.45) is -7.54. The first kappa shape index (κ1) is 19.3. The molecule has 0 spiro atoms. The van der Waals surface area contributed by atoms with Crippen LogP contribution in [0, 0.1) is 5.92 Å². The highest BCUT2D eigenvalue weighted by atomic mass is 19.4. The number of Topliss-reactive ketones (excluding diaryl/α,β-unsaturated/α-hetero) is 2. The van der Waals surface area contributed by atoms with Gasteiger partial charge in [-0.25, -0.2) is 0 Å². The first-order chi connectivity index (χ1) is 12.5. The third-order valence-corrected chi connectivity index (χ3v) is 4.55. The van der Waals surface area contributed by atoms with E-state index in [9.17, 15) is 31.5 Å². The van der Waals surface area contributed by atoms with Crippen LogP contribution in [0.1, 0.15) is 42.5 Å². The van der Waals surface area contributed by atoms with Crippen molar-refractivity contribution in [3.05, 3.63) is 35.4 Å². The molecule has 1 atom stereocenters. The molecule has 1 unspecified atom stereocenters. The fraction of sp³-hybridized carbons (Fsp3) is 0.444. The van der Waals surface area contributed by atoms with Gasteiger partial charge in [-0.05, 0) is 37.5 Å². The summed E-state index contributed by atoms with van der Waals surface area (Å²) < 4.78 is 72.2. The van der Waals surface area contributed by atoms with Crippen molar-refractivity contribution in [1.82, 2.24) is 0 Å². The quantitative estimate of drug-likeness (QED) is 0.411. The van der Waals surface area contributed by atoms with Crippen LogP contribution in [0.25, 0.3) is 0 Å². The Morgan fingerprint density at radius 3 is 2.44 bits per heavy atom. The zero-order valence-corrected chi connectivity index (χ0v) is 13.9. The maximum Gasteiger partial charge on any atom is 0.586 e. The van der Waals surface area contributed by atoms with Gasteiger partial charge in [0.1, 0.15) is 5.78 Å². The van der Waals surface area contributed by atoms with Crippen LogP contribution in [0.3, 0.4) is 0 Å². The number of allylic oxidation sites excluding steroid dienone is 2. The van der Waals surface area contributed by atoms with Crippen LogP contribution >= 0.6 is 0 Å². The molecule has 1 heterocycles. The van der Waals surface area contributed by atoms with Crippen molar-refractivity contribution in [1.29, 1.82) is 0 Å². The molecule has 1 aromatic rings. The predicted octanol–water partition coefficient (Wildman–Crippen LogP) is 4.83. The standard InChI is InChI=1S/C18H15F5O4/c19-17(20,21)12-4-1-10(2-5-12)13(24)6-7-14(25)11-3-8-15-16(9-11)27-18(22,23)26-15/h3-4,8-10H,1-2,5-7H2. The normalized spacial score (nSPS) is 20.9. The van der Waals surface area contributed by atoms with Crippen LogP contribution in [0.4, 0.5) is 22.0 Å². The first-order valence-corrected chi connectivity index (χ1v) is 8.27. The molecule has 146 valence electrons. The first-order valence-electron chi connectivity index (χ1n) is 8.27. The van der Waals surface area contributed by atoms with Gasteiger partial charge in [0.15, 0.2) is 17.3 Å². The topological polar surface area (TPSA) is 52.6 Å². The minimum atomic E-state index is -4.37. The summed E-state index contributed by atoms with van der Waals surface area (Å²) in [5.41, 5.74) is -0.537. The largest absolute Gasteiger partial charge is 0.586 e. The molecule has 1 aliphatic carbocycles. The van der Waals surface area contributed by atoms with E-state index in [4.69, 9.17) is 0 Å². The van der Waals surface area contributed by atoms with Gasteiger partial charge in [0, 0.05) is 29.9 Å². The molecule has 4 nitrogen and oxygen atoms in total. The maximum absolute atomic E-state index is 13.0. The Morgan fingerprint density at radius 2 is 1.81 bits per heavy atom. The lowest BCUT2D eigenvalue weighted by molar-refractivity contribution is -0.286. The monoisotopic (exact) mass is 390 g/mol. The summed E-state index contributed by atoms with van der Waals surface area (Å²) in [6, 6.07) is 3.58. The van der Waals surface area contributed by atoms with E-state index >= 15 is 0 Å². The molecule has 0 aromatic heterocycles. The number of carbonyl (C=O) groups is 2. The van der Waals surface area contributed by atoms with E-state index < -0.39 is 29.7 Å². The second-order valence-corrected chi connectivity index (χ2v) is 6.42. The fourth-order valence-corrected chi connectivity index (χ4v) is 3.09. The lowest BCUT2D eigenvalue weighted by Crippen LogP contribution is -2.25. The zero-order valence-electron chi connectivity index (χ0n) is 13.9. The van der Waals surface area contributed by atoms with Gasteiger partial charge in [0.2, 0.25) is 0 Å². The van der Waals surface area contributed by atoms with E-state index in [2.05, 4.69) is 9.47 Å². The van der Waals surface area contributed by atoms with Gasteiger partial charge < -0.3 is 9.47 Å². The van der Waals surface area contributed by atoms with E-state index in [-0.39, 0.29) is 54.9 Å². The number of hydrogen-bond donors (Lipinski definition) is 0. The van der Waals surface area contributed by atoms with Crippen LogP contribution < -0.4 is 9.47 Å². The van der Waals surface area contributed by atoms with Crippen molar-refractivity contribution in [2.45, 2.75) is 44.6 Å². The van der Waals surface area contributed by atoms with Crippen molar-refractivity contribution in [3.63, 3.8) is 0 Å². The van der Waals surface area contributed by atoms with E-state index in [1.165, 1.54) is 12.1 Å². The van der Waals surface area contributed by atoms with Gasteiger partial charge >= 0.3 is 12.5 Å². The Labute approximate surface area is 150 Å². The molecule has 0 radical (unpaired) electrons. The predicted molar refractivity (Wildman–Crippen MR) is 82.7 cm³/mol. The molecule has 0 bridgehead atoms. The van der Waals surface area contributed by atoms with E-state index in [1.807, 2.05) is 0 Å². The number of benzene rings is 1. The smallest absolute Gasteiger partial charge is 0.395 e. The average Bonchev–Trinajstić information content (AvgIpc) is 2.91. The molecule has 27 heavy (non-hydrogen) atoms. The third-order valence-electron chi connectivity index (χ3n) is 4.55. The number of hydrogen-bond acceptors (Lipinski definition) is 4. The molecule has 1 aromatic carbocycles. The summed E-state index contributed by atoms with van der Waals surface area (Å²) >= 11 is 0. The maximum atomic E-state index is 13.0. The van der Waals surface area contributed by atoms with E-state index in [1.54, 1.807) is 0 Å². The molecule has 2 aliphatic rings. The highest BCUT2D eigenvalue weighted by Gasteiger charge is 2.43. The van der Waals surface area contributed by atoms with Crippen molar-refractivity contribution < 1.29 is 41.0 Å². The minimum Gasteiger partial charge on any atom is -0.395 e. The minimum absolute atomic E-state index is 0.000966. The molecule has 0 saturated heterocycles. The second-order valence-electron chi connectivity index (χ2n) is 6.42. The Kier molecular flexibility index (Phi) is 4.96. The van der Waals surface area contributed by atoms with Crippen LogP contribution in [0.5, 0.6) is 11.5 Å². The lowest BCUT2D eigenvalue weighted by atomic mass is 9.84. The van der Waals surface area contributed by atoms with Gasteiger partial charge in [-0.2, -0.15) is 13.2 Å². The van der Waals surface area contributed by atoms with Crippen LogP contribution in [0.15, 0.2) is 29.8 Å². The molecule has 1 aliphatic heterocycles. The average molecular weight is 390 g/mol. The third kappa shape index (κ3) is 4.45. The number of fused-ring (bicyclic) bond motifs is 1. The van der Waals surface area contributed by atoms with Crippen molar-refractivity contribution in [2.75, 3.05) is 0 Å². The molecular formula is C18H15F5O4. The van der Waals surface area contributed by atoms with Crippen molar-refractivity contribution in [2.24, 2.45) is 5.92 Å². The van der Waals surface area contributed by atoms with Crippen LogP contribution in [-0.2, 0) is 4.79 Å². The Balaban J connectivity index is 1.55. The number of carbonyl (C=O) groups excluding carboxylic acids is 2. The fourth-order valence-electron chi connectivity index (χ4n) is 3.09. The Hall–Kier alpha value is -2.45. The highest BCUT2D eigenvalue weighted by Crippen LogP contribution is 2.41. The summed E-state index contributed by atoms with van der Waals surface area (Å²) in [4.78, 5) is 24.3. The number of alkyl halides is 5. The lowest BCUT2D eigenvalue weighted by Gasteiger charge is -2.22. The SMILES string of the molecule is O=C(CCC(=O)C1CC=C(C(F)(F)F)CC1)c1ccc2c(c1)OC(F)(F)O2. The van der Waals surface area contributed by atoms with E-state index in [0.29, 0.717) is 0 Å². The Morgan fingerprint density at radius 1 is 1.11 bits per heavy atom. The molecule has 0 fully saturated rings. The van der Waals surface area contributed by atoms with Gasteiger partial charge in [-0.15, -0.1) is 8.78 Å². The summed E-state index contributed by atoms with van der Waals surface area (Å²) in [5, 5.41) is 0. The molecular weight excluding hydrogens is 375 g/mol. The number of ketones is 2.